The van der Waals surface area contributed by atoms with E-state index in [0.717, 1.165) is 10.4 Å². The maximum Gasteiger partial charge on any atom is 0.257 e. The van der Waals surface area contributed by atoms with E-state index in [1.807, 2.05) is 19.9 Å². The summed E-state index contributed by atoms with van der Waals surface area (Å²) in [6.45, 7) is 4.67. The summed E-state index contributed by atoms with van der Waals surface area (Å²) in [7, 11) is 0. The van der Waals surface area contributed by atoms with Crippen molar-refractivity contribution in [2.24, 2.45) is 0 Å². The highest BCUT2D eigenvalue weighted by Crippen LogP contribution is 2.23. The quantitative estimate of drug-likeness (QED) is 0.813. The molecule has 0 unspecified atom stereocenters. The second-order valence-electron chi connectivity index (χ2n) is 4.51. The predicted molar refractivity (Wildman–Crippen MR) is 80.9 cm³/mol. The first-order valence-corrected chi connectivity index (χ1v) is 7.50. The summed E-state index contributed by atoms with van der Waals surface area (Å²) >= 11 is 7.31. The monoisotopic (exact) mass is 311 g/mol. The van der Waals surface area contributed by atoms with Gasteiger partial charge in [0.25, 0.3) is 5.91 Å². The fourth-order valence-corrected chi connectivity index (χ4v) is 3.03. The highest BCUT2D eigenvalue weighted by Gasteiger charge is 2.19. The van der Waals surface area contributed by atoms with Crippen LogP contribution in [0.2, 0.25) is 4.34 Å². The maximum absolute atomic E-state index is 13.8. The number of amides is 1. The van der Waals surface area contributed by atoms with Gasteiger partial charge in [-0.3, -0.25) is 4.79 Å². The van der Waals surface area contributed by atoms with Crippen LogP contribution in [0.5, 0.6) is 0 Å². The van der Waals surface area contributed by atoms with Crippen LogP contribution in [0.25, 0.3) is 0 Å². The lowest BCUT2D eigenvalue weighted by atomic mass is 10.1. The van der Waals surface area contributed by atoms with Gasteiger partial charge in [0.1, 0.15) is 5.82 Å². The van der Waals surface area contributed by atoms with Gasteiger partial charge in [-0.15, -0.1) is 11.3 Å². The lowest BCUT2D eigenvalue weighted by Crippen LogP contribution is -2.30. The Hall–Kier alpha value is -1.39. The third-order valence-corrected chi connectivity index (χ3v) is 4.21. The smallest absolute Gasteiger partial charge is 0.257 e. The van der Waals surface area contributed by atoms with Crippen molar-refractivity contribution < 1.29 is 9.18 Å². The van der Waals surface area contributed by atoms with Gasteiger partial charge in [-0.25, -0.2) is 4.39 Å². The molecule has 0 aliphatic rings. The molecule has 0 aliphatic heterocycles. The van der Waals surface area contributed by atoms with Crippen molar-refractivity contribution in [2.75, 3.05) is 6.54 Å². The molecule has 0 N–H and O–H groups in total. The molecule has 20 heavy (non-hydrogen) atoms. The van der Waals surface area contributed by atoms with E-state index in [1.54, 1.807) is 23.1 Å². The number of hydrogen-bond acceptors (Lipinski definition) is 2. The van der Waals surface area contributed by atoms with Crippen LogP contribution < -0.4 is 0 Å². The van der Waals surface area contributed by atoms with Gasteiger partial charge in [-0.1, -0.05) is 23.2 Å². The molecule has 106 valence electrons. The summed E-state index contributed by atoms with van der Waals surface area (Å²) < 4.78 is 14.5. The molecule has 1 heterocycles. The molecule has 2 rings (SSSR count). The normalized spacial score (nSPS) is 10.6. The average Bonchev–Trinajstić information content (AvgIpc) is 2.83. The van der Waals surface area contributed by atoms with Gasteiger partial charge in [-0.05, 0) is 38.1 Å². The predicted octanol–water partition coefficient (Wildman–Crippen LogP) is 4.51. The minimum atomic E-state index is -0.483. The number of halogens is 2. The summed E-state index contributed by atoms with van der Waals surface area (Å²) in [4.78, 5) is 15.0. The fourth-order valence-electron chi connectivity index (χ4n) is 1.93. The number of carbonyl (C=O) groups is 1. The Morgan fingerprint density at radius 1 is 1.35 bits per heavy atom. The van der Waals surface area contributed by atoms with E-state index in [1.165, 1.54) is 17.4 Å². The van der Waals surface area contributed by atoms with Crippen LogP contribution in [-0.2, 0) is 6.54 Å². The summed E-state index contributed by atoms with van der Waals surface area (Å²) in [6, 6.07) is 8.25. The highest BCUT2D eigenvalue weighted by atomic mass is 35.5. The van der Waals surface area contributed by atoms with Crippen LogP contribution in [0.1, 0.15) is 27.7 Å². The van der Waals surface area contributed by atoms with Crippen molar-refractivity contribution in [2.45, 2.75) is 20.4 Å². The molecule has 0 bridgehead atoms. The zero-order chi connectivity index (χ0) is 14.7. The van der Waals surface area contributed by atoms with Gasteiger partial charge in [-0.2, -0.15) is 0 Å². The Kier molecular flexibility index (Phi) is 4.78. The van der Waals surface area contributed by atoms with Crippen LogP contribution in [0.4, 0.5) is 4.39 Å². The minimum Gasteiger partial charge on any atom is -0.334 e. The number of carbonyl (C=O) groups excluding carboxylic acids is 1. The Bertz CT molecular complexity index is 626. The van der Waals surface area contributed by atoms with Gasteiger partial charge in [0.15, 0.2) is 0 Å². The first-order chi connectivity index (χ1) is 9.51. The Labute approximate surface area is 126 Å². The molecule has 1 amide bonds. The van der Waals surface area contributed by atoms with Crippen molar-refractivity contribution in [1.29, 1.82) is 0 Å². The number of thiophene rings is 1. The SMILES string of the molecule is CCN(Cc1ccc(Cl)s1)C(=O)c1cc(C)ccc1F. The second-order valence-corrected chi connectivity index (χ2v) is 6.31. The third kappa shape index (κ3) is 3.38. The zero-order valence-corrected chi connectivity index (χ0v) is 12.9. The summed E-state index contributed by atoms with van der Waals surface area (Å²) in [5.74, 6) is -0.776. The first kappa shape index (κ1) is 15.0. The summed E-state index contributed by atoms with van der Waals surface area (Å²) in [5, 5.41) is 0. The van der Waals surface area contributed by atoms with E-state index in [0.29, 0.717) is 17.4 Å². The van der Waals surface area contributed by atoms with Crippen LogP contribution in [-0.4, -0.2) is 17.4 Å². The Morgan fingerprint density at radius 2 is 2.10 bits per heavy atom. The molecule has 0 saturated carbocycles. The van der Waals surface area contributed by atoms with Gasteiger partial charge < -0.3 is 4.90 Å². The lowest BCUT2D eigenvalue weighted by molar-refractivity contribution is 0.0749. The molecule has 1 aromatic heterocycles. The van der Waals surface area contributed by atoms with Crippen molar-refractivity contribution in [3.05, 3.63) is 56.5 Å². The molecule has 1 aromatic carbocycles. The molecule has 0 radical (unpaired) electrons. The van der Waals surface area contributed by atoms with Crippen molar-refractivity contribution in [3.8, 4) is 0 Å². The number of hydrogen-bond donors (Lipinski definition) is 0. The molecule has 0 atom stereocenters. The van der Waals surface area contributed by atoms with Gasteiger partial charge in [0.05, 0.1) is 16.4 Å². The fraction of sp³-hybridized carbons (Fsp3) is 0.267. The van der Waals surface area contributed by atoms with Gasteiger partial charge in [0.2, 0.25) is 0 Å². The summed E-state index contributed by atoms with van der Waals surface area (Å²) in [6.07, 6.45) is 0. The number of nitrogens with zero attached hydrogens (tertiary/aromatic N) is 1. The Morgan fingerprint density at radius 3 is 2.70 bits per heavy atom. The van der Waals surface area contributed by atoms with Crippen LogP contribution in [0, 0.1) is 12.7 Å². The molecular weight excluding hydrogens is 297 g/mol. The summed E-state index contributed by atoms with van der Waals surface area (Å²) in [5.41, 5.74) is 0.986. The lowest BCUT2D eigenvalue weighted by Gasteiger charge is -2.20. The van der Waals surface area contributed by atoms with Crippen LogP contribution in [0.15, 0.2) is 30.3 Å². The molecule has 0 spiro atoms. The van der Waals surface area contributed by atoms with E-state index < -0.39 is 5.82 Å². The molecule has 0 saturated heterocycles. The van der Waals surface area contributed by atoms with E-state index in [-0.39, 0.29) is 11.5 Å². The minimum absolute atomic E-state index is 0.120. The van der Waals surface area contributed by atoms with Crippen LogP contribution in [0.3, 0.4) is 0 Å². The molecule has 0 fully saturated rings. The van der Waals surface area contributed by atoms with Crippen molar-refractivity contribution >= 4 is 28.8 Å². The second kappa shape index (κ2) is 6.37. The van der Waals surface area contributed by atoms with Crippen molar-refractivity contribution in [1.82, 2.24) is 4.90 Å². The van der Waals surface area contributed by atoms with E-state index >= 15 is 0 Å². The average molecular weight is 312 g/mol. The molecular formula is C15H15ClFNOS. The topological polar surface area (TPSA) is 20.3 Å². The largest absolute Gasteiger partial charge is 0.334 e. The Balaban J connectivity index is 2.22. The molecule has 5 heteroatoms. The van der Waals surface area contributed by atoms with Crippen LogP contribution >= 0.6 is 22.9 Å². The first-order valence-electron chi connectivity index (χ1n) is 6.31. The molecule has 2 nitrogen and oxygen atoms in total. The highest BCUT2D eigenvalue weighted by molar-refractivity contribution is 7.16. The number of rotatable bonds is 4. The van der Waals surface area contributed by atoms with Gasteiger partial charge in [0, 0.05) is 11.4 Å². The number of benzene rings is 1. The van der Waals surface area contributed by atoms with Crippen molar-refractivity contribution in [3.63, 3.8) is 0 Å². The van der Waals surface area contributed by atoms with E-state index in [2.05, 4.69) is 0 Å². The van der Waals surface area contributed by atoms with E-state index in [4.69, 9.17) is 11.6 Å². The maximum atomic E-state index is 13.8. The van der Waals surface area contributed by atoms with Gasteiger partial charge >= 0.3 is 0 Å². The molecule has 0 aliphatic carbocycles. The zero-order valence-electron chi connectivity index (χ0n) is 11.3. The number of aryl methyl sites for hydroxylation is 1. The van der Waals surface area contributed by atoms with E-state index in [9.17, 15) is 9.18 Å². The standard InChI is InChI=1S/C15H15ClFNOS/c1-3-18(9-11-5-7-14(16)20-11)15(19)12-8-10(2)4-6-13(12)17/h4-8H,3,9H2,1-2H3. The third-order valence-electron chi connectivity index (χ3n) is 3.00. The molecule has 2 aromatic rings.